The molecule has 3 rings (SSSR count). The summed E-state index contributed by atoms with van der Waals surface area (Å²) in [5.41, 5.74) is 1.99. The van der Waals surface area contributed by atoms with Gasteiger partial charge in [-0.15, -0.1) is 0 Å². The molecule has 0 radical (unpaired) electrons. The number of hydrogen-bond donors (Lipinski definition) is 0. The molecule has 6 heteroatoms. The average molecular weight is 352 g/mol. The van der Waals surface area contributed by atoms with Gasteiger partial charge in [0.25, 0.3) is 17.5 Å². The SMILES string of the molecule is CCc1cccc(C(C)CC)c1N1C(=O)c2cccc([N+](=O)[O-])c2C1=O. The summed E-state index contributed by atoms with van der Waals surface area (Å²) in [6.45, 7) is 6.04. The van der Waals surface area contributed by atoms with Crippen molar-refractivity contribution >= 4 is 23.2 Å². The van der Waals surface area contributed by atoms with E-state index in [0.29, 0.717) is 12.1 Å². The molecule has 1 heterocycles. The van der Waals surface area contributed by atoms with Crippen molar-refractivity contribution in [2.75, 3.05) is 4.90 Å². The molecule has 2 aromatic rings. The summed E-state index contributed by atoms with van der Waals surface area (Å²) in [4.78, 5) is 37.9. The number of para-hydroxylation sites is 1. The number of amides is 2. The second-order valence-corrected chi connectivity index (χ2v) is 6.42. The predicted octanol–water partition coefficient (Wildman–Crippen LogP) is 4.47. The zero-order chi connectivity index (χ0) is 19.0. The maximum atomic E-state index is 13.1. The minimum Gasteiger partial charge on any atom is -0.268 e. The number of rotatable bonds is 5. The Hall–Kier alpha value is -3.02. The van der Waals surface area contributed by atoms with Crippen molar-refractivity contribution in [3.63, 3.8) is 0 Å². The third-order valence-corrected chi connectivity index (χ3v) is 4.99. The van der Waals surface area contributed by atoms with E-state index >= 15 is 0 Å². The molecule has 0 N–H and O–H groups in total. The Bertz CT molecular complexity index is 920. The van der Waals surface area contributed by atoms with Crippen molar-refractivity contribution in [1.29, 1.82) is 0 Å². The van der Waals surface area contributed by atoms with Crippen LogP contribution in [0.15, 0.2) is 36.4 Å². The van der Waals surface area contributed by atoms with E-state index < -0.39 is 16.7 Å². The average Bonchev–Trinajstić information content (AvgIpc) is 2.91. The number of carbonyl (C=O) groups is 2. The van der Waals surface area contributed by atoms with Crippen LogP contribution in [0.5, 0.6) is 0 Å². The highest BCUT2D eigenvalue weighted by atomic mass is 16.6. The molecule has 1 unspecified atom stereocenters. The maximum absolute atomic E-state index is 13.1. The van der Waals surface area contributed by atoms with E-state index in [-0.39, 0.29) is 22.7 Å². The van der Waals surface area contributed by atoms with Gasteiger partial charge in [-0.25, -0.2) is 4.90 Å². The van der Waals surface area contributed by atoms with Gasteiger partial charge in [-0.1, -0.05) is 45.0 Å². The molecule has 0 bridgehead atoms. The van der Waals surface area contributed by atoms with Gasteiger partial charge in [0.1, 0.15) is 5.56 Å². The van der Waals surface area contributed by atoms with Gasteiger partial charge in [0.15, 0.2) is 0 Å². The Kier molecular flexibility index (Phi) is 4.59. The fraction of sp³-hybridized carbons (Fsp3) is 0.300. The van der Waals surface area contributed by atoms with Gasteiger partial charge in [0, 0.05) is 6.07 Å². The quantitative estimate of drug-likeness (QED) is 0.452. The third kappa shape index (κ3) is 2.58. The first-order chi connectivity index (χ1) is 12.4. The fourth-order valence-corrected chi connectivity index (χ4v) is 3.41. The van der Waals surface area contributed by atoms with E-state index in [0.717, 1.165) is 22.4 Å². The Morgan fingerprint density at radius 1 is 1.08 bits per heavy atom. The molecule has 0 aromatic heterocycles. The molecule has 0 spiro atoms. The molecule has 0 saturated carbocycles. The number of carbonyl (C=O) groups excluding carboxylic acids is 2. The van der Waals surface area contributed by atoms with Gasteiger partial charge in [0.05, 0.1) is 16.2 Å². The predicted molar refractivity (Wildman–Crippen MR) is 98.8 cm³/mol. The maximum Gasteiger partial charge on any atom is 0.283 e. The molecule has 2 aromatic carbocycles. The summed E-state index contributed by atoms with van der Waals surface area (Å²) in [6.07, 6.45) is 1.50. The van der Waals surface area contributed by atoms with Crippen LogP contribution in [-0.4, -0.2) is 16.7 Å². The smallest absolute Gasteiger partial charge is 0.268 e. The summed E-state index contributed by atoms with van der Waals surface area (Å²) in [7, 11) is 0. The molecule has 0 aliphatic carbocycles. The van der Waals surface area contributed by atoms with Crippen molar-refractivity contribution in [1.82, 2.24) is 0 Å². The van der Waals surface area contributed by atoms with E-state index in [4.69, 9.17) is 0 Å². The Morgan fingerprint density at radius 3 is 2.38 bits per heavy atom. The second kappa shape index (κ2) is 6.71. The zero-order valence-corrected chi connectivity index (χ0v) is 15.0. The molecule has 6 nitrogen and oxygen atoms in total. The van der Waals surface area contributed by atoms with E-state index in [9.17, 15) is 19.7 Å². The van der Waals surface area contributed by atoms with E-state index in [2.05, 4.69) is 0 Å². The molecule has 2 amide bonds. The molecule has 0 fully saturated rings. The number of aryl methyl sites for hydroxylation is 1. The largest absolute Gasteiger partial charge is 0.283 e. The monoisotopic (exact) mass is 352 g/mol. The lowest BCUT2D eigenvalue weighted by Gasteiger charge is -2.24. The Balaban J connectivity index is 2.24. The highest BCUT2D eigenvalue weighted by molar-refractivity contribution is 6.36. The van der Waals surface area contributed by atoms with Gasteiger partial charge < -0.3 is 0 Å². The van der Waals surface area contributed by atoms with Crippen LogP contribution < -0.4 is 4.90 Å². The lowest BCUT2D eigenvalue weighted by Crippen LogP contribution is -2.31. The van der Waals surface area contributed by atoms with E-state index in [1.54, 1.807) is 0 Å². The van der Waals surface area contributed by atoms with Crippen molar-refractivity contribution in [2.45, 2.75) is 39.5 Å². The van der Waals surface area contributed by atoms with Crippen LogP contribution in [-0.2, 0) is 6.42 Å². The van der Waals surface area contributed by atoms with Crippen molar-refractivity contribution in [3.05, 3.63) is 68.8 Å². The molecule has 1 atom stereocenters. The van der Waals surface area contributed by atoms with E-state index in [1.807, 2.05) is 39.0 Å². The number of nitro groups is 1. The molecule has 1 aliphatic rings. The van der Waals surface area contributed by atoms with Crippen LogP contribution in [0.3, 0.4) is 0 Å². The first-order valence-electron chi connectivity index (χ1n) is 8.70. The molecule has 1 aliphatic heterocycles. The molecule has 134 valence electrons. The second-order valence-electron chi connectivity index (χ2n) is 6.42. The number of fused-ring (bicyclic) bond motifs is 1. The Morgan fingerprint density at radius 2 is 1.77 bits per heavy atom. The van der Waals surface area contributed by atoms with Gasteiger partial charge >= 0.3 is 0 Å². The molecular formula is C20H20N2O4. The lowest BCUT2D eigenvalue weighted by atomic mass is 9.93. The summed E-state index contributed by atoms with van der Waals surface area (Å²) in [5, 5.41) is 11.3. The molecule has 26 heavy (non-hydrogen) atoms. The van der Waals surface area contributed by atoms with Crippen molar-refractivity contribution in [2.24, 2.45) is 0 Å². The fourth-order valence-electron chi connectivity index (χ4n) is 3.41. The topological polar surface area (TPSA) is 80.5 Å². The number of anilines is 1. The summed E-state index contributed by atoms with van der Waals surface area (Å²) >= 11 is 0. The normalized spacial score (nSPS) is 14.5. The number of nitro benzene ring substituents is 1. The van der Waals surface area contributed by atoms with Crippen LogP contribution in [0.4, 0.5) is 11.4 Å². The summed E-state index contributed by atoms with van der Waals surface area (Å²) in [6, 6.07) is 9.89. The van der Waals surface area contributed by atoms with E-state index in [1.165, 1.54) is 18.2 Å². The number of hydrogen-bond acceptors (Lipinski definition) is 4. The van der Waals surface area contributed by atoms with Gasteiger partial charge in [-0.2, -0.15) is 0 Å². The van der Waals surface area contributed by atoms with Crippen molar-refractivity contribution in [3.8, 4) is 0 Å². The van der Waals surface area contributed by atoms with Crippen LogP contribution >= 0.6 is 0 Å². The zero-order valence-electron chi connectivity index (χ0n) is 15.0. The highest BCUT2D eigenvalue weighted by Gasteiger charge is 2.43. The van der Waals surface area contributed by atoms with Gasteiger partial charge in [0.2, 0.25) is 0 Å². The van der Waals surface area contributed by atoms with Gasteiger partial charge in [-0.3, -0.25) is 19.7 Å². The highest BCUT2D eigenvalue weighted by Crippen LogP contribution is 2.39. The standard InChI is InChI=1S/C20H20N2O4/c1-4-12(3)14-9-6-8-13(5-2)18(14)21-19(23)15-10-7-11-16(22(25)26)17(15)20(21)24/h6-12H,4-5H2,1-3H3. The number of imide groups is 1. The Labute approximate surface area is 151 Å². The minimum absolute atomic E-state index is 0.0882. The van der Waals surface area contributed by atoms with Crippen LogP contribution in [0.1, 0.15) is 65.0 Å². The summed E-state index contributed by atoms with van der Waals surface area (Å²) < 4.78 is 0. The van der Waals surface area contributed by atoms with Crippen LogP contribution in [0.25, 0.3) is 0 Å². The number of nitrogens with zero attached hydrogens (tertiary/aromatic N) is 2. The first kappa shape index (κ1) is 17.8. The first-order valence-corrected chi connectivity index (χ1v) is 8.70. The van der Waals surface area contributed by atoms with Crippen LogP contribution in [0.2, 0.25) is 0 Å². The minimum atomic E-state index is -0.622. The molecule has 0 saturated heterocycles. The summed E-state index contributed by atoms with van der Waals surface area (Å²) in [5.74, 6) is -0.974. The number of benzene rings is 2. The lowest BCUT2D eigenvalue weighted by molar-refractivity contribution is -0.385. The molecular weight excluding hydrogens is 332 g/mol. The van der Waals surface area contributed by atoms with Crippen LogP contribution in [0, 0.1) is 10.1 Å². The van der Waals surface area contributed by atoms with Crippen molar-refractivity contribution < 1.29 is 14.5 Å². The van der Waals surface area contributed by atoms with Gasteiger partial charge in [-0.05, 0) is 36.0 Å². The third-order valence-electron chi connectivity index (χ3n) is 4.99.